The Kier molecular flexibility index (Phi) is 3.62. The van der Waals surface area contributed by atoms with Gasteiger partial charge in [-0.2, -0.15) is 5.10 Å². The Labute approximate surface area is 81.7 Å². The van der Waals surface area contributed by atoms with Crippen LogP contribution in [0.3, 0.4) is 0 Å². The largest absolute Gasteiger partial charge is 0.464 e. The molecule has 1 unspecified atom stereocenters. The molecule has 0 bridgehead atoms. The van der Waals surface area contributed by atoms with Crippen LogP contribution < -0.4 is 0 Å². The summed E-state index contributed by atoms with van der Waals surface area (Å²) in [5, 5.41) is 3.87. The number of hydrogen-bond acceptors (Lipinski definition) is 3. The van der Waals surface area contributed by atoms with Crippen molar-refractivity contribution in [1.29, 1.82) is 0 Å². The fourth-order valence-corrected chi connectivity index (χ4v) is 1.16. The number of nitrogens with zero attached hydrogens (tertiary/aromatic N) is 2. The summed E-state index contributed by atoms with van der Waals surface area (Å²) >= 11 is 0. The molecule has 4 nitrogen and oxygen atoms in total. The number of aromatic nitrogens is 2. The zero-order chi connectivity index (χ0) is 10.6. The van der Waals surface area contributed by atoms with Gasteiger partial charge in [-0.05, 0) is 19.9 Å². The molecule has 0 saturated heterocycles. The first-order valence-corrected chi connectivity index (χ1v) is 4.53. The van der Waals surface area contributed by atoms with E-state index in [0.29, 0.717) is 6.54 Å². The molecule has 78 valence electrons. The molecule has 0 amide bonds. The van der Waals surface area contributed by atoms with Gasteiger partial charge in [-0.1, -0.05) is 0 Å². The van der Waals surface area contributed by atoms with Crippen molar-refractivity contribution in [2.75, 3.05) is 6.61 Å². The number of carbonyl (C=O) groups is 1. The lowest BCUT2D eigenvalue weighted by atomic mass is 10.3. The second kappa shape index (κ2) is 4.74. The first-order chi connectivity index (χ1) is 6.70. The third kappa shape index (κ3) is 2.10. The lowest BCUT2D eigenvalue weighted by Crippen LogP contribution is -2.15. The summed E-state index contributed by atoms with van der Waals surface area (Å²) in [4.78, 5) is 11.1. The smallest absolute Gasteiger partial charge is 0.347 e. The zero-order valence-corrected chi connectivity index (χ0v) is 8.24. The van der Waals surface area contributed by atoms with Gasteiger partial charge in [0.1, 0.15) is 0 Å². The molecule has 0 aliphatic heterocycles. The summed E-state index contributed by atoms with van der Waals surface area (Å²) < 4.78 is 19.5. The summed E-state index contributed by atoms with van der Waals surface area (Å²) in [6.45, 7) is 4.18. The molecule has 14 heavy (non-hydrogen) atoms. The van der Waals surface area contributed by atoms with Crippen LogP contribution in [0.2, 0.25) is 0 Å². The van der Waals surface area contributed by atoms with Gasteiger partial charge in [0.25, 0.3) is 0 Å². The van der Waals surface area contributed by atoms with E-state index in [-0.39, 0.29) is 12.3 Å². The van der Waals surface area contributed by atoms with E-state index in [1.165, 1.54) is 16.9 Å². The van der Waals surface area contributed by atoms with Crippen molar-refractivity contribution in [3.63, 3.8) is 0 Å². The first kappa shape index (κ1) is 10.7. The van der Waals surface area contributed by atoms with Crippen LogP contribution in [0.4, 0.5) is 4.39 Å². The highest BCUT2D eigenvalue weighted by Gasteiger charge is 2.24. The lowest BCUT2D eigenvalue weighted by molar-refractivity contribution is -0.149. The number of carbonyl (C=O) groups excluding carboxylic acids is 1. The van der Waals surface area contributed by atoms with Gasteiger partial charge in [0.2, 0.25) is 6.17 Å². The van der Waals surface area contributed by atoms with Gasteiger partial charge in [-0.3, -0.25) is 4.68 Å². The number of hydrogen-bond donors (Lipinski definition) is 0. The molecule has 0 N–H and O–H groups in total. The number of halogens is 1. The van der Waals surface area contributed by atoms with Crippen LogP contribution in [0.15, 0.2) is 12.3 Å². The average Bonchev–Trinajstić information content (AvgIpc) is 2.64. The van der Waals surface area contributed by atoms with E-state index in [1.807, 2.05) is 6.92 Å². The van der Waals surface area contributed by atoms with E-state index in [4.69, 9.17) is 0 Å². The Bertz CT molecular complexity index is 312. The number of alkyl halides is 1. The summed E-state index contributed by atoms with van der Waals surface area (Å²) in [5.74, 6) is -0.859. The highest BCUT2D eigenvalue weighted by molar-refractivity contribution is 5.75. The monoisotopic (exact) mass is 200 g/mol. The molecule has 0 spiro atoms. The van der Waals surface area contributed by atoms with E-state index in [2.05, 4.69) is 9.84 Å². The van der Waals surface area contributed by atoms with E-state index >= 15 is 0 Å². The molecule has 1 aromatic heterocycles. The lowest BCUT2D eigenvalue weighted by Gasteiger charge is -2.08. The summed E-state index contributed by atoms with van der Waals surface area (Å²) in [7, 11) is 0. The number of aryl methyl sites for hydroxylation is 1. The number of ether oxygens (including phenoxy) is 1. The Morgan fingerprint density at radius 3 is 3.00 bits per heavy atom. The molecular weight excluding hydrogens is 187 g/mol. The van der Waals surface area contributed by atoms with E-state index in [9.17, 15) is 9.18 Å². The van der Waals surface area contributed by atoms with Crippen molar-refractivity contribution in [1.82, 2.24) is 9.78 Å². The molecule has 0 fully saturated rings. The minimum atomic E-state index is -1.74. The van der Waals surface area contributed by atoms with Crippen molar-refractivity contribution in [2.24, 2.45) is 0 Å². The maximum atomic E-state index is 13.5. The van der Waals surface area contributed by atoms with Gasteiger partial charge >= 0.3 is 5.97 Å². The van der Waals surface area contributed by atoms with Crippen LogP contribution in [0.25, 0.3) is 0 Å². The van der Waals surface area contributed by atoms with E-state index in [0.717, 1.165) is 0 Å². The van der Waals surface area contributed by atoms with Gasteiger partial charge in [0.05, 0.1) is 12.3 Å². The summed E-state index contributed by atoms with van der Waals surface area (Å²) in [6, 6.07) is 1.48. The molecule has 0 radical (unpaired) electrons. The van der Waals surface area contributed by atoms with Crippen LogP contribution in [-0.2, 0) is 16.1 Å². The molecule has 1 atom stereocenters. The second-order valence-electron chi connectivity index (χ2n) is 2.69. The fourth-order valence-electron chi connectivity index (χ4n) is 1.16. The molecule has 1 heterocycles. The summed E-state index contributed by atoms with van der Waals surface area (Å²) in [6.07, 6.45) is -0.276. The third-order valence-corrected chi connectivity index (χ3v) is 1.80. The SMILES string of the molecule is CCOC(=O)C(F)c1ccnn1CC. The van der Waals surface area contributed by atoms with Gasteiger partial charge in [-0.15, -0.1) is 0 Å². The van der Waals surface area contributed by atoms with Crippen LogP contribution in [0.5, 0.6) is 0 Å². The predicted molar refractivity (Wildman–Crippen MR) is 48.4 cm³/mol. The quantitative estimate of drug-likeness (QED) is 0.691. The fraction of sp³-hybridized carbons (Fsp3) is 0.556. The average molecular weight is 200 g/mol. The summed E-state index contributed by atoms with van der Waals surface area (Å²) in [5.41, 5.74) is 0.242. The van der Waals surface area contributed by atoms with Gasteiger partial charge in [0, 0.05) is 12.7 Å². The van der Waals surface area contributed by atoms with Crippen molar-refractivity contribution in [3.05, 3.63) is 18.0 Å². The minimum Gasteiger partial charge on any atom is -0.464 e. The Hall–Kier alpha value is -1.39. The molecule has 1 aromatic rings. The topological polar surface area (TPSA) is 44.1 Å². The molecule has 1 rings (SSSR count). The normalized spacial score (nSPS) is 12.5. The Morgan fingerprint density at radius 1 is 1.71 bits per heavy atom. The Morgan fingerprint density at radius 2 is 2.43 bits per heavy atom. The molecule has 0 aromatic carbocycles. The zero-order valence-electron chi connectivity index (χ0n) is 8.24. The van der Waals surface area contributed by atoms with Crippen LogP contribution in [0, 0.1) is 0 Å². The molecule has 5 heteroatoms. The minimum absolute atomic E-state index is 0.180. The van der Waals surface area contributed by atoms with Crippen molar-refractivity contribution in [2.45, 2.75) is 26.6 Å². The maximum Gasteiger partial charge on any atom is 0.347 e. The standard InChI is InChI=1S/C9H13FN2O2/c1-3-12-7(5-6-11-12)8(10)9(13)14-4-2/h5-6,8H,3-4H2,1-2H3. The van der Waals surface area contributed by atoms with E-state index in [1.54, 1.807) is 6.92 Å². The number of esters is 1. The highest BCUT2D eigenvalue weighted by atomic mass is 19.1. The molecule has 0 aliphatic carbocycles. The van der Waals surface area contributed by atoms with Crippen molar-refractivity contribution < 1.29 is 13.9 Å². The van der Waals surface area contributed by atoms with E-state index < -0.39 is 12.1 Å². The highest BCUT2D eigenvalue weighted by Crippen LogP contribution is 2.18. The molecule has 0 aliphatic rings. The Balaban J connectivity index is 2.77. The maximum absolute atomic E-state index is 13.5. The predicted octanol–water partition coefficient (Wildman–Crippen LogP) is 1.48. The second-order valence-corrected chi connectivity index (χ2v) is 2.69. The van der Waals surface area contributed by atoms with Crippen molar-refractivity contribution in [3.8, 4) is 0 Å². The first-order valence-electron chi connectivity index (χ1n) is 4.53. The van der Waals surface area contributed by atoms with Crippen LogP contribution in [-0.4, -0.2) is 22.4 Å². The van der Waals surface area contributed by atoms with Gasteiger partial charge < -0.3 is 4.74 Å². The van der Waals surface area contributed by atoms with Gasteiger partial charge in [-0.25, -0.2) is 9.18 Å². The van der Waals surface area contributed by atoms with Crippen molar-refractivity contribution >= 4 is 5.97 Å². The molecular formula is C9H13FN2O2. The van der Waals surface area contributed by atoms with Gasteiger partial charge in [0.15, 0.2) is 0 Å². The van der Waals surface area contributed by atoms with Crippen LogP contribution >= 0.6 is 0 Å². The molecule has 0 saturated carbocycles. The van der Waals surface area contributed by atoms with Crippen LogP contribution in [0.1, 0.15) is 25.7 Å². The third-order valence-electron chi connectivity index (χ3n) is 1.80. The number of rotatable bonds is 4.